The van der Waals surface area contributed by atoms with E-state index in [9.17, 15) is 0 Å². The second-order valence-corrected chi connectivity index (χ2v) is 4.38. The first-order valence-corrected chi connectivity index (χ1v) is 6.85. The SMILES string of the molecule is Cl[SiH2]CC=Cc1ccccc1. The van der Waals surface area contributed by atoms with Gasteiger partial charge in [-0.25, -0.2) is 0 Å². The molecule has 0 radical (unpaired) electrons. The Morgan fingerprint density at radius 3 is 2.64 bits per heavy atom. The van der Waals surface area contributed by atoms with Crippen molar-refractivity contribution < 1.29 is 0 Å². The number of hydrogen-bond acceptors (Lipinski definition) is 0. The summed E-state index contributed by atoms with van der Waals surface area (Å²) in [4.78, 5) is 0. The fourth-order valence-electron chi connectivity index (χ4n) is 0.847. The topological polar surface area (TPSA) is 0 Å². The van der Waals surface area contributed by atoms with Gasteiger partial charge in [0.15, 0.2) is 0 Å². The Labute approximate surface area is 74.4 Å². The maximum Gasteiger partial charge on any atom is 0.129 e. The monoisotopic (exact) mass is 182 g/mol. The smallest absolute Gasteiger partial charge is 0.129 e. The van der Waals surface area contributed by atoms with E-state index in [0.29, 0.717) is 0 Å². The first-order valence-electron chi connectivity index (χ1n) is 3.71. The Hall–Kier alpha value is -0.533. The lowest BCUT2D eigenvalue weighted by atomic mass is 10.2. The number of halogens is 1. The van der Waals surface area contributed by atoms with Crippen LogP contribution in [0.4, 0.5) is 0 Å². The van der Waals surface area contributed by atoms with E-state index in [0.717, 1.165) is 6.04 Å². The molecule has 0 aliphatic carbocycles. The van der Waals surface area contributed by atoms with Crippen molar-refractivity contribution in [2.45, 2.75) is 6.04 Å². The molecule has 0 spiro atoms. The molecule has 1 aromatic rings. The molecule has 0 bridgehead atoms. The minimum atomic E-state index is -0.316. The molecule has 0 saturated heterocycles. The van der Waals surface area contributed by atoms with Crippen LogP contribution in [0.2, 0.25) is 6.04 Å². The highest BCUT2D eigenvalue weighted by molar-refractivity contribution is 6.93. The summed E-state index contributed by atoms with van der Waals surface area (Å²) >= 11 is 5.66. The molecule has 0 fully saturated rings. The number of hydrogen-bond donors (Lipinski definition) is 0. The van der Waals surface area contributed by atoms with Crippen molar-refractivity contribution in [2.24, 2.45) is 0 Å². The van der Waals surface area contributed by atoms with Crippen molar-refractivity contribution in [1.82, 2.24) is 0 Å². The summed E-state index contributed by atoms with van der Waals surface area (Å²) in [5.74, 6) is 0. The summed E-state index contributed by atoms with van der Waals surface area (Å²) in [6.07, 6.45) is 4.27. The van der Waals surface area contributed by atoms with Crippen molar-refractivity contribution in [2.75, 3.05) is 0 Å². The first-order chi connectivity index (χ1) is 5.43. The summed E-state index contributed by atoms with van der Waals surface area (Å²) in [6, 6.07) is 11.4. The van der Waals surface area contributed by atoms with Crippen molar-refractivity contribution >= 4 is 26.0 Å². The van der Waals surface area contributed by atoms with E-state index in [-0.39, 0.29) is 8.83 Å². The summed E-state index contributed by atoms with van der Waals surface area (Å²) in [5.41, 5.74) is 1.26. The van der Waals surface area contributed by atoms with Gasteiger partial charge >= 0.3 is 0 Å². The molecule has 2 heteroatoms. The Morgan fingerprint density at radius 1 is 1.27 bits per heavy atom. The van der Waals surface area contributed by atoms with Gasteiger partial charge in [-0.2, -0.15) is 11.1 Å². The van der Waals surface area contributed by atoms with Crippen molar-refractivity contribution in [1.29, 1.82) is 0 Å². The lowest BCUT2D eigenvalue weighted by Gasteiger charge is -1.89. The highest BCUT2D eigenvalue weighted by Crippen LogP contribution is 2.01. The Balaban J connectivity index is 2.50. The molecule has 0 atom stereocenters. The van der Waals surface area contributed by atoms with Gasteiger partial charge in [0.25, 0.3) is 0 Å². The number of allylic oxidation sites excluding steroid dienone is 1. The zero-order valence-electron chi connectivity index (χ0n) is 6.33. The van der Waals surface area contributed by atoms with Crippen LogP contribution in [0.3, 0.4) is 0 Å². The van der Waals surface area contributed by atoms with Gasteiger partial charge in [0.2, 0.25) is 0 Å². The molecule has 11 heavy (non-hydrogen) atoms. The quantitative estimate of drug-likeness (QED) is 0.498. The average Bonchev–Trinajstić information content (AvgIpc) is 2.07. The molecule has 0 aromatic heterocycles. The third kappa shape index (κ3) is 3.40. The third-order valence-electron chi connectivity index (χ3n) is 1.39. The van der Waals surface area contributed by atoms with Crippen molar-refractivity contribution in [3.05, 3.63) is 42.0 Å². The van der Waals surface area contributed by atoms with Gasteiger partial charge in [0.1, 0.15) is 8.83 Å². The summed E-state index contributed by atoms with van der Waals surface area (Å²) < 4.78 is 0. The molecular weight excluding hydrogens is 172 g/mol. The maximum absolute atomic E-state index is 5.66. The number of benzene rings is 1. The molecule has 1 rings (SSSR count). The van der Waals surface area contributed by atoms with Gasteiger partial charge in [-0.1, -0.05) is 42.5 Å². The fourth-order valence-corrected chi connectivity index (χ4v) is 1.52. The van der Waals surface area contributed by atoms with Crippen LogP contribution in [0.15, 0.2) is 36.4 Å². The van der Waals surface area contributed by atoms with E-state index in [1.54, 1.807) is 0 Å². The van der Waals surface area contributed by atoms with E-state index in [1.165, 1.54) is 5.56 Å². The molecule has 0 nitrogen and oxygen atoms in total. The normalized spacial score (nSPS) is 11.7. The standard InChI is InChI=1S/C9H11ClSi/c10-11-8-4-7-9-5-2-1-3-6-9/h1-7H,8,11H2. The Kier molecular flexibility index (Phi) is 4.02. The van der Waals surface area contributed by atoms with Crippen LogP contribution in [0.5, 0.6) is 0 Å². The Bertz CT molecular complexity index is 218. The molecule has 0 saturated carbocycles. The summed E-state index contributed by atoms with van der Waals surface area (Å²) in [5, 5.41) is 0. The van der Waals surface area contributed by atoms with Crippen LogP contribution in [-0.4, -0.2) is 8.83 Å². The van der Waals surface area contributed by atoms with Gasteiger partial charge in [0.05, 0.1) is 0 Å². The van der Waals surface area contributed by atoms with E-state index < -0.39 is 0 Å². The zero-order valence-corrected chi connectivity index (χ0v) is 8.50. The minimum Gasteiger partial charge on any atom is -0.176 e. The van der Waals surface area contributed by atoms with Crippen LogP contribution in [0.1, 0.15) is 5.56 Å². The van der Waals surface area contributed by atoms with Gasteiger partial charge in [-0.15, -0.1) is 0 Å². The van der Waals surface area contributed by atoms with Crippen LogP contribution in [0.25, 0.3) is 6.08 Å². The second-order valence-electron chi connectivity index (χ2n) is 2.29. The molecule has 0 N–H and O–H groups in total. The van der Waals surface area contributed by atoms with Gasteiger partial charge in [0, 0.05) is 0 Å². The van der Waals surface area contributed by atoms with Gasteiger partial charge < -0.3 is 0 Å². The first kappa shape index (κ1) is 8.56. The maximum atomic E-state index is 5.66. The van der Waals surface area contributed by atoms with Crippen molar-refractivity contribution in [3.63, 3.8) is 0 Å². The third-order valence-corrected chi connectivity index (χ3v) is 2.59. The summed E-state index contributed by atoms with van der Waals surface area (Å²) in [6.45, 7) is 0. The van der Waals surface area contributed by atoms with Crippen LogP contribution >= 0.6 is 11.1 Å². The molecule has 0 heterocycles. The number of rotatable bonds is 3. The molecule has 0 amide bonds. The molecule has 0 aliphatic heterocycles. The fraction of sp³-hybridized carbons (Fsp3) is 0.111. The van der Waals surface area contributed by atoms with Crippen LogP contribution < -0.4 is 0 Å². The van der Waals surface area contributed by atoms with Gasteiger partial charge in [-0.05, 0) is 11.6 Å². The minimum absolute atomic E-state index is 0.316. The van der Waals surface area contributed by atoms with Crippen LogP contribution in [0, 0.1) is 0 Å². The van der Waals surface area contributed by atoms with E-state index in [4.69, 9.17) is 11.1 Å². The molecule has 0 unspecified atom stereocenters. The average molecular weight is 183 g/mol. The van der Waals surface area contributed by atoms with Crippen molar-refractivity contribution in [3.8, 4) is 0 Å². The van der Waals surface area contributed by atoms with E-state index in [1.807, 2.05) is 18.2 Å². The lowest BCUT2D eigenvalue weighted by Crippen LogP contribution is -1.71. The summed E-state index contributed by atoms with van der Waals surface area (Å²) in [7, 11) is -0.316. The van der Waals surface area contributed by atoms with E-state index >= 15 is 0 Å². The lowest BCUT2D eigenvalue weighted by molar-refractivity contribution is 1.64. The van der Waals surface area contributed by atoms with E-state index in [2.05, 4.69) is 24.3 Å². The highest BCUT2D eigenvalue weighted by Gasteiger charge is 1.81. The predicted molar refractivity (Wildman–Crippen MR) is 54.7 cm³/mol. The molecule has 0 aliphatic rings. The predicted octanol–water partition coefficient (Wildman–Crippen LogP) is 2.44. The zero-order chi connectivity index (χ0) is 7.94. The second kappa shape index (κ2) is 5.16. The molecule has 1 aromatic carbocycles. The largest absolute Gasteiger partial charge is 0.176 e. The van der Waals surface area contributed by atoms with Gasteiger partial charge in [-0.3, -0.25) is 0 Å². The Morgan fingerprint density at radius 2 is 2.00 bits per heavy atom. The molecule has 58 valence electrons. The highest BCUT2D eigenvalue weighted by atomic mass is 35.6. The van der Waals surface area contributed by atoms with Crippen LogP contribution in [-0.2, 0) is 0 Å². The molecular formula is C9H11ClSi.